The van der Waals surface area contributed by atoms with Crippen LogP contribution in [0.25, 0.3) is 16.6 Å². The van der Waals surface area contributed by atoms with Crippen molar-refractivity contribution in [2.75, 3.05) is 6.61 Å². The lowest BCUT2D eigenvalue weighted by Crippen LogP contribution is -2.27. The predicted octanol–water partition coefficient (Wildman–Crippen LogP) is 3.52. The molecule has 0 bridgehead atoms. The summed E-state index contributed by atoms with van der Waals surface area (Å²) in [5.74, 6) is -1.03. The minimum Gasteiger partial charge on any atom is -0.507 e. The molecule has 8 heteroatoms. The molecule has 0 amide bonds. The highest BCUT2D eigenvalue weighted by molar-refractivity contribution is 5.84. The van der Waals surface area contributed by atoms with Crippen LogP contribution in [0, 0.1) is 17.1 Å². The standard InChI is InChI=1S/C21H18FN3O4/c1-13(29-15-9-7-14(22)8-10-15)21(27)28-12-19(26)16(11-23)20-24-17-5-3-4-6-18(17)25(20)2/h3-10,13,26H,12H2,1-2H3/b19-16-/t13-/m1/s1. The topological polar surface area (TPSA) is 97.4 Å². The van der Waals surface area contributed by atoms with Crippen molar-refractivity contribution in [3.05, 3.63) is 65.9 Å². The fourth-order valence-corrected chi connectivity index (χ4v) is 2.71. The van der Waals surface area contributed by atoms with Gasteiger partial charge in [-0.2, -0.15) is 5.26 Å². The normalized spacial score (nSPS) is 12.8. The lowest BCUT2D eigenvalue weighted by Gasteiger charge is -2.14. The number of benzene rings is 2. The van der Waals surface area contributed by atoms with Gasteiger partial charge in [-0.05, 0) is 43.3 Å². The first-order chi connectivity index (χ1) is 13.9. The van der Waals surface area contributed by atoms with E-state index in [2.05, 4.69) is 4.98 Å². The van der Waals surface area contributed by atoms with Gasteiger partial charge in [-0.3, -0.25) is 0 Å². The highest BCUT2D eigenvalue weighted by Gasteiger charge is 2.20. The maximum atomic E-state index is 12.9. The largest absolute Gasteiger partial charge is 0.507 e. The highest BCUT2D eigenvalue weighted by Crippen LogP contribution is 2.22. The van der Waals surface area contributed by atoms with Gasteiger partial charge < -0.3 is 19.1 Å². The van der Waals surface area contributed by atoms with Crippen LogP contribution in [0.4, 0.5) is 4.39 Å². The summed E-state index contributed by atoms with van der Waals surface area (Å²) < 4.78 is 25.0. The van der Waals surface area contributed by atoms with Crippen LogP contribution in [-0.2, 0) is 16.6 Å². The van der Waals surface area contributed by atoms with Crippen LogP contribution < -0.4 is 4.74 Å². The Morgan fingerprint density at radius 1 is 1.28 bits per heavy atom. The van der Waals surface area contributed by atoms with Gasteiger partial charge in [0, 0.05) is 7.05 Å². The maximum Gasteiger partial charge on any atom is 0.347 e. The van der Waals surface area contributed by atoms with Gasteiger partial charge in [-0.25, -0.2) is 14.2 Å². The number of imidazole rings is 1. The summed E-state index contributed by atoms with van der Waals surface area (Å²) in [6.45, 7) is 0.950. The molecule has 0 aliphatic carbocycles. The number of esters is 1. The SMILES string of the molecule is C[C@@H](Oc1ccc(F)cc1)C(=O)OC/C(O)=C(\C#N)c1nc2ccccc2n1C. The van der Waals surface area contributed by atoms with Gasteiger partial charge in [0.15, 0.2) is 17.7 Å². The number of para-hydroxylation sites is 2. The van der Waals surface area contributed by atoms with Crippen LogP contribution in [0.2, 0.25) is 0 Å². The second-order valence-corrected chi connectivity index (χ2v) is 6.24. The monoisotopic (exact) mass is 395 g/mol. The Balaban J connectivity index is 1.71. The van der Waals surface area contributed by atoms with E-state index in [9.17, 15) is 19.6 Å². The number of hydrogen-bond acceptors (Lipinski definition) is 6. The second-order valence-electron chi connectivity index (χ2n) is 6.24. The second kappa shape index (κ2) is 8.44. The Labute approximate surface area is 166 Å². The number of nitriles is 1. The molecule has 3 rings (SSSR count). The van der Waals surface area contributed by atoms with Crippen molar-refractivity contribution in [3.8, 4) is 11.8 Å². The number of nitrogens with zero attached hydrogens (tertiary/aromatic N) is 3. The number of rotatable bonds is 6. The van der Waals surface area contributed by atoms with Crippen LogP contribution >= 0.6 is 0 Å². The van der Waals surface area contributed by atoms with Crippen molar-refractivity contribution in [2.45, 2.75) is 13.0 Å². The molecule has 0 saturated heterocycles. The van der Waals surface area contributed by atoms with Gasteiger partial charge in [0.2, 0.25) is 0 Å². The molecule has 0 unspecified atom stereocenters. The molecule has 29 heavy (non-hydrogen) atoms. The fourth-order valence-electron chi connectivity index (χ4n) is 2.71. The first-order valence-electron chi connectivity index (χ1n) is 8.73. The number of fused-ring (bicyclic) bond motifs is 1. The molecule has 1 atom stereocenters. The molecular formula is C21H18FN3O4. The Morgan fingerprint density at radius 2 is 1.97 bits per heavy atom. The maximum absolute atomic E-state index is 12.9. The van der Waals surface area contributed by atoms with Crippen LogP contribution in [0.3, 0.4) is 0 Å². The van der Waals surface area contributed by atoms with Gasteiger partial charge >= 0.3 is 5.97 Å². The molecule has 7 nitrogen and oxygen atoms in total. The molecule has 0 fully saturated rings. The Hall–Kier alpha value is -3.86. The molecule has 0 radical (unpaired) electrons. The number of allylic oxidation sites excluding steroid dienone is 1. The molecule has 2 aromatic carbocycles. The first kappa shape index (κ1) is 19.9. The first-order valence-corrected chi connectivity index (χ1v) is 8.73. The summed E-state index contributed by atoms with van der Waals surface area (Å²) in [6, 6.07) is 14.4. The van der Waals surface area contributed by atoms with Crippen LogP contribution in [0.15, 0.2) is 54.3 Å². The number of aromatic nitrogens is 2. The van der Waals surface area contributed by atoms with E-state index in [0.717, 1.165) is 5.52 Å². The zero-order chi connectivity index (χ0) is 21.0. The van der Waals surface area contributed by atoms with Crippen LogP contribution in [0.5, 0.6) is 5.75 Å². The summed E-state index contributed by atoms with van der Waals surface area (Å²) in [7, 11) is 1.72. The predicted molar refractivity (Wildman–Crippen MR) is 103 cm³/mol. The van der Waals surface area contributed by atoms with E-state index in [1.54, 1.807) is 17.7 Å². The molecule has 0 spiro atoms. The average molecular weight is 395 g/mol. The average Bonchev–Trinajstić information content (AvgIpc) is 3.05. The minimum absolute atomic E-state index is 0.0939. The minimum atomic E-state index is -0.991. The number of ether oxygens (including phenoxy) is 2. The Morgan fingerprint density at radius 3 is 2.62 bits per heavy atom. The number of hydrogen-bond donors (Lipinski definition) is 1. The van der Waals surface area contributed by atoms with Gasteiger partial charge in [-0.15, -0.1) is 0 Å². The third-order valence-electron chi connectivity index (χ3n) is 4.22. The van der Waals surface area contributed by atoms with E-state index in [-0.39, 0.29) is 11.4 Å². The van der Waals surface area contributed by atoms with Crippen LogP contribution in [-0.4, -0.2) is 33.3 Å². The highest BCUT2D eigenvalue weighted by atomic mass is 19.1. The lowest BCUT2D eigenvalue weighted by molar-refractivity contribution is -0.150. The summed E-state index contributed by atoms with van der Waals surface area (Å²) in [5, 5.41) is 19.8. The summed E-state index contributed by atoms with van der Waals surface area (Å²) in [6.07, 6.45) is -0.991. The van der Waals surface area contributed by atoms with Crippen molar-refractivity contribution < 1.29 is 23.8 Å². The summed E-state index contributed by atoms with van der Waals surface area (Å²) in [4.78, 5) is 16.5. The molecule has 0 saturated carbocycles. The van der Waals surface area contributed by atoms with Crippen molar-refractivity contribution >= 4 is 22.6 Å². The van der Waals surface area contributed by atoms with Gasteiger partial charge in [0.25, 0.3) is 0 Å². The lowest BCUT2D eigenvalue weighted by atomic mass is 10.2. The summed E-state index contributed by atoms with van der Waals surface area (Å²) >= 11 is 0. The van der Waals surface area contributed by atoms with E-state index >= 15 is 0 Å². The van der Waals surface area contributed by atoms with E-state index in [0.29, 0.717) is 11.3 Å². The third kappa shape index (κ3) is 4.35. The van der Waals surface area contributed by atoms with Gasteiger partial charge in [0.05, 0.1) is 11.0 Å². The van der Waals surface area contributed by atoms with E-state index in [1.807, 2.05) is 24.3 Å². The smallest absolute Gasteiger partial charge is 0.347 e. The van der Waals surface area contributed by atoms with E-state index in [4.69, 9.17) is 9.47 Å². The molecule has 1 heterocycles. The molecule has 1 N–H and O–H groups in total. The number of carbonyl (C=O) groups excluding carboxylic acids is 1. The third-order valence-corrected chi connectivity index (χ3v) is 4.22. The fraction of sp³-hybridized carbons (Fsp3) is 0.190. The Kier molecular flexibility index (Phi) is 5.79. The van der Waals surface area contributed by atoms with Gasteiger partial charge in [-0.1, -0.05) is 12.1 Å². The molecule has 1 aromatic heterocycles. The van der Waals surface area contributed by atoms with Crippen molar-refractivity contribution in [3.63, 3.8) is 0 Å². The van der Waals surface area contributed by atoms with Crippen molar-refractivity contribution in [1.82, 2.24) is 9.55 Å². The zero-order valence-corrected chi connectivity index (χ0v) is 15.8. The number of aliphatic hydroxyl groups excluding tert-OH is 1. The van der Waals surface area contributed by atoms with Gasteiger partial charge in [0.1, 0.15) is 29.8 Å². The number of aryl methyl sites for hydroxylation is 1. The summed E-state index contributed by atoms with van der Waals surface area (Å²) in [5.41, 5.74) is 1.37. The molecule has 0 aliphatic heterocycles. The molecule has 0 aliphatic rings. The molecular weight excluding hydrogens is 377 g/mol. The number of carbonyl (C=O) groups is 1. The zero-order valence-electron chi connectivity index (χ0n) is 15.8. The quantitative estimate of drug-likeness (QED) is 0.390. The van der Waals surface area contributed by atoms with Crippen LogP contribution in [0.1, 0.15) is 12.7 Å². The molecule has 148 valence electrons. The van der Waals surface area contributed by atoms with E-state index in [1.165, 1.54) is 31.2 Å². The Bertz CT molecular complexity index is 1110. The van der Waals surface area contributed by atoms with Crippen molar-refractivity contribution in [1.29, 1.82) is 5.26 Å². The number of halogens is 1. The number of aliphatic hydroxyl groups is 1. The van der Waals surface area contributed by atoms with Crippen molar-refractivity contribution in [2.24, 2.45) is 7.05 Å². The van der Waals surface area contributed by atoms with E-state index < -0.39 is 30.3 Å². The molecule has 3 aromatic rings.